The van der Waals surface area contributed by atoms with Gasteiger partial charge in [0.2, 0.25) is 0 Å². The van der Waals surface area contributed by atoms with Crippen molar-refractivity contribution in [3.63, 3.8) is 0 Å². The molecule has 1 heterocycles. The molecule has 0 amide bonds. The fraction of sp³-hybridized carbons (Fsp3) is 0.167. The SMILES string of the molecule is COc1ccccc1OCc1ncsc1C(=O)O. The predicted octanol–water partition coefficient (Wildman–Crippen LogP) is 2.43. The minimum Gasteiger partial charge on any atom is -0.493 e. The summed E-state index contributed by atoms with van der Waals surface area (Å²) in [6.45, 7) is 0.103. The van der Waals surface area contributed by atoms with Crippen LogP contribution in [0.1, 0.15) is 15.4 Å². The Labute approximate surface area is 108 Å². The van der Waals surface area contributed by atoms with E-state index >= 15 is 0 Å². The number of ether oxygens (including phenoxy) is 2. The first-order valence-corrected chi connectivity index (χ1v) is 6.02. The fourth-order valence-electron chi connectivity index (χ4n) is 1.43. The summed E-state index contributed by atoms with van der Waals surface area (Å²) < 4.78 is 10.7. The summed E-state index contributed by atoms with van der Waals surface area (Å²) in [7, 11) is 1.55. The summed E-state index contributed by atoms with van der Waals surface area (Å²) in [5.74, 6) is 0.171. The maximum absolute atomic E-state index is 10.9. The van der Waals surface area contributed by atoms with Crippen molar-refractivity contribution in [1.29, 1.82) is 0 Å². The highest BCUT2D eigenvalue weighted by Gasteiger charge is 2.14. The van der Waals surface area contributed by atoms with Crippen LogP contribution in [0.4, 0.5) is 0 Å². The Morgan fingerprint density at radius 1 is 1.39 bits per heavy atom. The number of rotatable bonds is 5. The van der Waals surface area contributed by atoms with Gasteiger partial charge in [0.25, 0.3) is 0 Å². The topological polar surface area (TPSA) is 68.7 Å². The number of carbonyl (C=O) groups is 1. The lowest BCUT2D eigenvalue weighted by Crippen LogP contribution is -2.03. The van der Waals surface area contributed by atoms with Gasteiger partial charge in [-0.1, -0.05) is 12.1 Å². The summed E-state index contributed by atoms with van der Waals surface area (Å²) in [4.78, 5) is 15.1. The van der Waals surface area contributed by atoms with E-state index in [-0.39, 0.29) is 11.5 Å². The van der Waals surface area contributed by atoms with Crippen LogP contribution in [0.3, 0.4) is 0 Å². The lowest BCUT2D eigenvalue weighted by molar-refractivity contribution is 0.0699. The highest BCUT2D eigenvalue weighted by atomic mass is 32.1. The molecule has 0 aliphatic carbocycles. The zero-order valence-electron chi connectivity index (χ0n) is 9.62. The molecular weight excluding hydrogens is 254 g/mol. The number of aromatic carboxylic acids is 1. The maximum Gasteiger partial charge on any atom is 0.347 e. The van der Waals surface area contributed by atoms with Gasteiger partial charge < -0.3 is 14.6 Å². The maximum atomic E-state index is 10.9. The summed E-state index contributed by atoms with van der Waals surface area (Å²) in [6.07, 6.45) is 0. The number of thiazole rings is 1. The summed E-state index contributed by atoms with van der Waals surface area (Å²) >= 11 is 1.08. The highest BCUT2D eigenvalue weighted by Crippen LogP contribution is 2.27. The molecule has 0 bridgehead atoms. The van der Waals surface area contributed by atoms with Crippen molar-refractivity contribution in [3.8, 4) is 11.5 Å². The normalized spacial score (nSPS) is 10.1. The molecule has 0 saturated heterocycles. The van der Waals surface area contributed by atoms with E-state index in [1.54, 1.807) is 19.2 Å². The second kappa shape index (κ2) is 5.50. The van der Waals surface area contributed by atoms with Crippen LogP contribution in [-0.2, 0) is 6.61 Å². The zero-order valence-corrected chi connectivity index (χ0v) is 10.4. The molecule has 0 spiro atoms. The number of hydrogen-bond donors (Lipinski definition) is 1. The van der Waals surface area contributed by atoms with Gasteiger partial charge in [0.1, 0.15) is 17.2 Å². The molecule has 0 aliphatic rings. The van der Waals surface area contributed by atoms with Gasteiger partial charge in [0.05, 0.1) is 12.6 Å². The third-order valence-electron chi connectivity index (χ3n) is 2.27. The van der Waals surface area contributed by atoms with Gasteiger partial charge in [-0.15, -0.1) is 11.3 Å². The first-order chi connectivity index (χ1) is 8.72. The minimum atomic E-state index is -0.990. The zero-order chi connectivity index (χ0) is 13.0. The van der Waals surface area contributed by atoms with Crippen molar-refractivity contribution in [2.75, 3.05) is 7.11 Å². The second-order valence-corrected chi connectivity index (χ2v) is 4.23. The number of carboxylic acids is 1. The molecule has 2 rings (SSSR count). The van der Waals surface area contributed by atoms with Crippen LogP contribution < -0.4 is 9.47 Å². The van der Waals surface area contributed by atoms with Crippen LogP contribution in [0.2, 0.25) is 0 Å². The number of para-hydroxylation sites is 2. The number of methoxy groups -OCH3 is 1. The molecule has 94 valence electrons. The van der Waals surface area contributed by atoms with Gasteiger partial charge in [-0.3, -0.25) is 0 Å². The molecule has 18 heavy (non-hydrogen) atoms. The molecule has 0 aliphatic heterocycles. The first-order valence-electron chi connectivity index (χ1n) is 5.14. The first kappa shape index (κ1) is 12.4. The van der Waals surface area contributed by atoms with Crippen LogP contribution in [-0.4, -0.2) is 23.2 Å². The lowest BCUT2D eigenvalue weighted by Gasteiger charge is -2.09. The molecule has 5 nitrogen and oxygen atoms in total. The molecule has 1 aromatic carbocycles. The van der Waals surface area contributed by atoms with E-state index in [1.807, 2.05) is 12.1 Å². The molecule has 0 unspecified atom stereocenters. The number of benzene rings is 1. The van der Waals surface area contributed by atoms with E-state index < -0.39 is 5.97 Å². The molecule has 0 fully saturated rings. The van der Waals surface area contributed by atoms with Crippen LogP contribution >= 0.6 is 11.3 Å². The summed E-state index contributed by atoms with van der Waals surface area (Å²) in [6, 6.07) is 7.17. The van der Waals surface area contributed by atoms with Gasteiger partial charge >= 0.3 is 5.97 Å². The summed E-state index contributed by atoms with van der Waals surface area (Å²) in [5, 5.41) is 8.94. The van der Waals surface area contributed by atoms with Crippen LogP contribution in [0.5, 0.6) is 11.5 Å². The molecule has 0 radical (unpaired) electrons. The smallest absolute Gasteiger partial charge is 0.347 e. The minimum absolute atomic E-state index is 0.103. The van der Waals surface area contributed by atoms with Crippen LogP contribution in [0, 0.1) is 0 Å². The average molecular weight is 265 g/mol. The largest absolute Gasteiger partial charge is 0.493 e. The van der Waals surface area contributed by atoms with Crippen molar-refractivity contribution in [3.05, 3.63) is 40.3 Å². The van der Waals surface area contributed by atoms with Crippen LogP contribution in [0.15, 0.2) is 29.8 Å². The van der Waals surface area contributed by atoms with Crippen molar-refractivity contribution >= 4 is 17.3 Å². The Balaban J connectivity index is 2.11. The quantitative estimate of drug-likeness (QED) is 0.899. The van der Waals surface area contributed by atoms with Gasteiger partial charge in [-0.2, -0.15) is 0 Å². The van der Waals surface area contributed by atoms with E-state index in [0.29, 0.717) is 17.2 Å². The van der Waals surface area contributed by atoms with Gasteiger partial charge in [0, 0.05) is 0 Å². The van der Waals surface area contributed by atoms with E-state index in [0.717, 1.165) is 11.3 Å². The Kier molecular flexibility index (Phi) is 3.78. The van der Waals surface area contributed by atoms with Crippen molar-refractivity contribution in [2.45, 2.75) is 6.61 Å². The Morgan fingerprint density at radius 2 is 2.11 bits per heavy atom. The van der Waals surface area contributed by atoms with Crippen molar-refractivity contribution < 1.29 is 19.4 Å². The number of hydrogen-bond acceptors (Lipinski definition) is 5. The average Bonchev–Trinajstić information content (AvgIpc) is 2.85. The number of nitrogens with zero attached hydrogens (tertiary/aromatic N) is 1. The third kappa shape index (κ3) is 2.60. The molecule has 0 saturated carbocycles. The monoisotopic (exact) mass is 265 g/mol. The van der Waals surface area contributed by atoms with E-state index in [1.165, 1.54) is 5.51 Å². The lowest BCUT2D eigenvalue weighted by atomic mass is 10.3. The Bertz CT molecular complexity index is 553. The second-order valence-electron chi connectivity index (χ2n) is 3.37. The third-order valence-corrected chi connectivity index (χ3v) is 3.13. The van der Waals surface area contributed by atoms with Crippen LogP contribution in [0.25, 0.3) is 0 Å². The van der Waals surface area contributed by atoms with Gasteiger partial charge in [-0.25, -0.2) is 9.78 Å². The molecule has 1 N–H and O–H groups in total. The Morgan fingerprint density at radius 3 is 2.78 bits per heavy atom. The number of carboxylic acid groups (broad SMARTS) is 1. The van der Waals surface area contributed by atoms with E-state index in [4.69, 9.17) is 14.6 Å². The molecule has 6 heteroatoms. The van der Waals surface area contributed by atoms with Crippen molar-refractivity contribution in [1.82, 2.24) is 4.98 Å². The Hall–Kier alpha value is -2.08. The highest BCUT2D eigenvalue weighted by molar-refractivity contribution is 7.11. The van der Waals surface area contributed by atoms with Crippen molar-refractivity contribution in [2.24, 2.45) is 0 Å². The fourth-order valence-corrected chi connectivity index (χ4v) is 2.06. The van der Waals surface area contributed by atoms with E-state index in [9.17, 15) is 4.79 Å². The molecule has 2 aromatic rings. The number of aromatic nitrogens is 1. The van der Waals surface area contributed by atoms with Gasteiger partial charge in [-0.05, 0) is 12.1 Å². The standard InChI is InChI=1S/C12H11NO4S/c1-16-9-4-2-3-5-10(9)17-6-8-11(12(14)15)18-7-13-8/h2-5,7H,6H2,1H3,(H,14,15). The molecule has 0 atom stereocenters. The predicted molar refractivity (Wildman–Crippen MR) is 66.4 cm³/mol. The summed E-state index contributed by atoms with van der Waals surface area (Å²) in [5.41, 5.74) is 1.91. The molecular formula is C12H11NO4S. The van der Waals surface area contributed by atoms with E-state index in [2.05, 4.69) is 4.98 Å². The molecule has 1 aromatic heterocycles. The van der Waals surface area contributed by atoms with Gasteiger partial charge in [0.15, 0.2) is 11.5 Å².